The molecule has 0 spiro atoms. The molecule has 0 radical (unpaired) electrons. The van der Waals surface area contributed by atoms with Gasteiger partial charge in [0, 0.05) is 6.42 Å². The monoisotopic (exact) mass is 188 g/mol. The van der Waals surface area contributed by atoms with Gasteiger partial charge in [0.05, 0.1) is 18.2 Å². The average Bonchev–Trinajstić information content (AvgIpc) is 1.84. The summed E-state index contributed by atoms with van der Waals surface area (Å²) >= 11 is 0. The number of carboxylic acids is 1. The maximum Gasteiger partial charge on any atom is 1.00 e. The Hall–Kier alpha value is 0.320. The Labute approximate surface area is 91.7 Å². The molecule has 0 rings (SSSR count). The summed E-state index contributed by atoms with van der Waals surface area (Å²) in [5.74, 6) is -1.96. The van der Waals surface area contributed by atoms with Crippen LogP contribution in [0.2, 0.25) is 0 Å². The van der Waals surface area contributed by atoms with Crippen LogP contribution in [-0.4, -0.2) is 34.6 Å². The van der Waals surface area contributed by atoms with Gasteiger partial charge in [0.1, 0.15) is 0 Å². The molecule has 0 aromatic rings. The number of carboxylic acid groups (broad SMARTS) is 1. The molecule has 0 aliphatic rings. The van der Waals surface area contributed by atoms with E-state index in [4.69, 9.17) is 10.2 Å². The van der Waals surface area contributed by atoms with E-state index in [0.29, 0.717) is 0 Å². The molecule has 0 bridgehead atoms. The van der Waals surface area contributed by atoms with Crippen molar-refractivity contribution >= 4 is 5.97 Å². The summed E-state index contributed by atoms with van der Waals surface area (Å²) in [6.45, 7) is 1.32. The van der Waals surface area contributed by atoms with Crippen LogP contribution in [0, 0.1) is 0 Å². The fraction of sp³-hybridized carbons (Fsp3) is 0.833. The Morgan fingerprint density at radius 2 is 2.00 bits per heavy atom. The molecule has 66 valence electrons. The summed E-state index contributed by atoms with van der Waals surface area (Å²) in [5, 5.41) is 27.1. The first-order valence-electron chi connectivity index (χ1n) is 3.16. The van der Waals surface area contributed by atoms with Gasteiger partial charge in [0.15, 0.2) is 6.17 Å². The van der Waals surface area contributed by atoms with Crippen LogP contribution in [0.4, 0.5) is 4.39 Å². The maximum atomic E-state index is 12.3. The summed E-state index contributed by atoms with van der Waals surface area (Å²) in [6, 6.07) is 0. The second-order valence-electron chi connectivity index (χ2n) is 2.37. The molecule has 6 heteroatoms. The van der Waals surface area contributed by atoms with Crippen LogP contribution in [0.5, 0.6) is 0 Å². The van der Waals surface area contributed by atoms with Crippen LogP contribution in [0.15, 0.2) is 0 Å². The molecule has 0 saturated carbocycles. The van der Waals surface area contributed by atoms with Crippen LogP contribution in [0.3, 0.4) is 0 Å². The van der Waals surface area contributed by atoms with Gasteiger partial charge in [-0.25, -0.2) is 4.39 Å². The molecular formula is C6H10FNaO4. The first kappa shape index (κ1) is 14.8. The zero-order valence-electron chi connectivity index (χ0n) is 7.03. The molecule has 0 amide bonds. The molecule has 0 heterocycles. The van der Waals surface area contributed by atoms with E-state index in [2.05, 4.69) is 0 Å². The number of hydrogen-bond donors (Lipinski definition) is 2. The van der Waals surface area contributed by atoms with E-state index < -0.39 is 24.3 Å². The molecule has 0 aromatic carbocycles. The summed E-state index contributed by atoms with van der Waals surface area (Å²) in [4.78, 5) is 9.79. The van der Waals surface area contributed by atoms with Crippen molar-refractivity contribution in [2.45, 2.75) is 31.7 Å². The van der Waals surface area contributed by atoms with E-state index in [1.165, 1.54) is 6.92 Å². The number of carbonyl (C=O) groups excluding carboxylic acids is 1. The molecule has 0 unspecified atom stereocenters. The van der Waals surface area contributed by atoms with E-state index in [9.17, 15) is 14.3 Å². The van der Waals surface area contributed by atoms with Crippen LogP contribution in [0.1, 0.15) is 13.3 Å². The van der Waals surface area contributed by atoms with E-state index in [1.807, 2.05) is 0 Å². The molecule has 0 aromatic heterocycles. The number of carbonyl (C=O) groups is 1. The van der Waals surface area contributed by atoms with Crippen LogP contribution in [0.25, 0.3) is 0 Å². The minimum Gasteiger partial charge on any atom is -0.547 e. The van der Waals surface area contributed by atoms with Crippen molar-refractivity contribution in [1.82, 2.24) is 0 Å². The smallest absolute Gasteiger partial charge is 0.547 e. The van der Waals surface area contributed by atoms with Gasteiger partial charge in [-0.1, -0.05) is 0 Å². The average molecular weight is 188 g/mol. The van der Waals surface area contributed by atoms with Crippen molar-refractivity contribution in [3.8, 4) is 0 Å². The van der Waals surface area contributed by atoms with Gasteiger partial charge < -0.3 is 20.1 Å². The minimum atomic E-state index is -2.43. The van der Waals surface area contributed by atoms with Crippen molar-refractivity contribution in [3.63, 3.8) is 0 Å². The van der Waals surface area contributed by atoms with Crippen molar-refractivity contribution in [2.24, 2.45) is 0 Å². The number of halogens is 1. The number of rotatable bonds is 4. The zero-order chi connectivity index (χ0) is 9.02. The first-order chi connectivity index (χ1) is 4.95. The zero-order valence-corrected chi connectivity index (χ0v) is 9.03. The summed E-state index contributed by atoms with van der Waals surface area (Å²) < 4.78 is 12.3. The fourth-order valence-corrected chi connectivity index (χ4v) is 0.626. The topological polar surface area (TPSA) is 80.6 Å². The van der Waals surface area contributed by atoms with Gasteiger partial charge in [0.2, 0.25) is 0 Å². The van der Waals surface area contributed by atoms with Crippen molar-refractivity contribution in [1.29, 1.82) is 0 Å². The summed E-state index contributed by atoms with van der Waals surface area (Å²) in [6.07, 6.45) is -5.36. The van der Waals surface area contributed by atoms with Gasteiger partial charge in [0.25, 0.3) is 0 Å². The number of hydrogen-bond acceptors (Lipinski definition) is 4. The predicted molar refractivity (Wildman–Crippen MR) is 32.2 cm³/mol. The van der Waals surface area contributed by atoms with E-state index in [-0.39, 0.29) is 36.0 Å². The van der Waals surface area contributed by atoms with Crippen LogP contribution < -0.4 is 34.7 Å². The van der Waals surface area contributed by atoms with E-state index in [1.54, 1.807) is 0 Å². The molecule has 0 saturated heterocycles. The Balaban J connectivity index is 0. The first-order valence-corrected chi connectivity index (χ1v) is 3.16. The third-order valence-corrected chi connectivity index (χ3v) is 1.15. The van der Waals surface area contributed by atoms with E-state index in [0.717, 1.165) is 0 Å². The Bertz CT molecular complexity index is 142. The van der Waals surface area contributed by atoms with Gasteiger partial charge >= 0.3 is 29.6 Å². The number of aliphatic carboxylic acids is 1. The number of aliphatic hydroxyl groups excluding tert-OH is 2. The van der Waals surface area contributed by atoms with Gasteiger partial charge in [-0.15, -0.1) is 0 Å². The summed E-state index contributed by atoms with van der Waals surface area (Å²) in [7, 11) is 0. The molecule has 3 atom stereocenters. The fourth-order valence-electron chi connectivity index (χ4n) is 0.626. The molecule has 2 N–H and O–H groups in total. The molecule has 0 aliphatic heterocycles. The molecule has 0 fully saturated rings. The number of aliphatic hydroxyl groups is 2. The maximum absolute atomic E-state index is 12.3. The molecule has 0 aliphatic carbocycles. The molecule has 4 nitrogen and oxygen atoms in total. The Morgan fingerprint density at radius 3 is 2.25 bits per heavy atom. The third-order valence-electron chi connectivity index (χ3n) is 1.15. The van der Waals surface area contributed by atoms with E-state index >= 15 is 0 Å². The number of alkyl halides is 1. The Kier molecular flexibility index (Phi) is 8.39. The summed E-state index contributed by atoms with van der Waals surface area (Å²) in [5.41, 5.74) is 0. The van der Waals surface area contributed by atoms with Crippen LogP contribution in [-0.2, 0) is 4.79 Å². The van der Waals surface area contributed by atoms with Gasteiger partial charge in [-0.3, -0.25) is 0 Å². The SMILES string of the molecule is C[C@H](O)C[C@H](O)[C@@H](F)C(=O)[O-].[Na+]. The van der Waals surface area contributed by atoms with Crippen molar-refractivity contribution < 1.29 is 54.1 Å². The standard InChI is InChI=1S/C6H11FO4.Na/c1-3(8)2-4(9)5(7)6(10)11;/h3-5,8-9H,2H2,1H3,(H,10,11);/q;+1/p-1/t3-,4-,5+;/m0./s1. The molecular weight excluding hydrogens is 178 g/mol. The normalized spacial score (nSPS) is 17.3. The second kappa shape index (κ2) is 6.80. The van der Waals surface area contributed by atoms with Crippen molar-refractivity contribution in [3.05, 3.63) is 0 Å². The van der Waals surface area contributed by atoms with Crippen molar-refractivity contribution in [2.75, 3.05) is 0 Å². The second-order valence-corrected chi connectivity index (χ2v) is 2.37. The largest absolute Gasteiger partial charge is 1.00 e. The predicted octanol–water partition coefficient (Wildman–Crippen LogP) is -4.79. The van der Waals surface area contributed by atoms with Gasteiger partial charge in [-0.05, 0) is 6.92 Å². The quantitative estimate of drug-likeness (QED) is 0.434. The minimum absolute atomic E-state index is 0. The van der Waals surface area contributed by atoms with Gasteiger partial charge in [-0.2, -0.15) is 0 Å². The third kappa shape index (κ3) is 5.91. The molecule has 12 heavy (non-hydrogen) atoms. The van der Waals surface area contributed by atoms with Crippen LogP contribution >= 0.6 is 0 Å². The Morgan fingerprint density at radius 1 is 1.58 bits per heavy atom.